The van der Waals surface area contributed by atoms with E-state index >= 15 is 0 Å². The number of methoxy groups -OCH3 is 4. The molecule has 2 fully saturated rings. The van der Waals surface area contributed by atoms with Crippen molar-refractivity contribution in [1.29, 1.82) is 0 Å². The van der Waals surface area contributed by atoms with Gasteiger partial charge >= 0.3 is 23.9 Å². The second kappa shape index (κ2) is 10.8. The van der Waals surface area contributed by atoms with Crippen molar-refractivity contribution in [1.82, 2.24) is 0 Å². The summed E-state index contributed by atoms with van der Waals surface area (Å²) in [5.41, 5.74) is -0.521. The molecular weight excluding hydrogens is 528 g/mol. The van der Waals surface area contributed by atoms with Crippen molar-refractivity contribution in [2.45, 2.75) is 37.1 Å². The smallest absolute Gasteiger partial charge is 0.353 e. The fraction of sp³-hybridized carbons (Fsp3) is 0.357. The van der Waals surface area contributed by atoms with E-state index in [2.05, 4.69) is 0 Å². The predicted octanol–water partition coefficient (Wildman–Crippen LogP) is 2.04. The normalized spacial score (nSPS) is 24.4. The first kappa shape index (κ1) is 28.9. The Balaban J connectivity index is 1.96. The Labute approximate surface area is 229 Å². The molecule has 0 aliphatic carbocycles. The average molecular weight is 557 g/mol. The van der Waals surface area contributed by atoms with Crippen LogP contribution in [0.2, 0.25) is 0 Å². The summed E-state index contributed by atoms with van der Waals surface area (Å²) >= 11 is 0. The van der Waals surface area contributed by atoms with Crippen molar-refractivity contribution in [3.63, 3.8) is 0 Å². The molecule has 0 N–H and O–H groups in total. The van der Waals surface area contributed by atoms with Crippen LogP contribution in [0.5, 0.6) is 0 Å². The molecule has 2 aromatic rings. The lowest BCUT2D eigenvalue weighted by atomic mass is 9.92. The SMILES string of the molecule is COC(=O)C(=C[C@@]1(c2ccc(C)cc2)OO[C@](c2ccc(C)cc2)(C2OC2(C(=O)OC)C(=O)OC)O1)C(=O)OC. The number of rotatable bonds is 8. The lowest BCUT2D eigenvalue weighted by Gasteiger charge is -2.28. The maximum atomic E-state index is 12.9. The summed E-state index contributed by atoms with van der Waals surface area (Å²) in [5.74, 6) is -8.43. The zero-order valence-electron chi connectivity index (χ0n) is 22.7. The first-order valence-electron chi connectivity index (χ1n) is 12.0. The summed E-state index contributed by atoms with van der Waals surface area (Å²) < 4.78 is 31.4. The predicted molar refractivity (Wildman–Crippen MR) is 133 cm³/mol. The molecule has 2 aromatic carbocycles. The molecule has 0 bridgehead atoms. The summed E-state index contributed by atoms with van der Waals surface area (Å²) in [6.45, 7) is 3.70. The van der Waals surface area contributed by atoms with Gasteiger partial charge < -0.3 is 23.7 Å². The number of hydrogen-bond acceptors (Lipinski definition) is 12. The van der Waals surface area contributed by atoms with Gasteiger partial charge in [0.1, 0.15) is 5.57 Å². The number of carbonyl (C=O) groups is 4. The Morgan fingerprint density at radius 2 is 1.18 bits per heavy atom. The van der Waals surface area contributed by atoms with Gasteiger partial charge in [-0.25, -0.2) is 19.2 Å². The summed E-state index contributed by atoms with van der Waals surface area (Å²) in [6.07, 6.45) is -0.450. The van der Waals surface area contributed by atoms with E-state index in [9.17, 15) is 19.2 Å². The Kier molecular flexibility index (Phi) is 7.81. The first-order chi connectivity index (χ1) is 19.0. The molecule has 0 radical (unpaired) electrons. The van der Waals surface area contributed by atoms with Crippen LogP contribution in [-0.4, -0.2) is 64.0 Å². The van der Waals surface area contributed by atoms with Crippen LogP contribution in [0.25, 0.3) is 0 Å². The Hall–Kier alpha value is -4.10. The highest BCUT2D eigenvalue weighted by molar-refractivity contribution is 6.14. The van der Waals surface area contributed by atoms with E-state index in [0.717, 1.165) is 45.6 Å². The maximum Gasteiger partial charge on any atom is 0.353 e. The van der Waals surface area contributed by atoms with Crippen molar-refractivity contribution < 1.29 is 57.4 Å². The lowest BCUT2D eigenvalue weighted by molar-refractivity contribution is -0.353. The van der Waals surface area contributed by atoms with Crippen LogP contribution in [0.15, 0.2) is 60.2 Å². The molecule has 3 atom stereocenters. The molecule has 0 amide bonds. The average Bonchev–Trinajstić information content (AvgIpc) is 3.63. The van der Waals surface area contributed by atoms with Crippen LogP contribution in [0.3, 0.4) is 0 Å². The molecule has 212 valence electrons. The van der Waals surface area contributed by atoms with E-state index < -0.39 is 52.7 Å². The molecule has 12 heteroatoms. The zero-order chi connectivity index (χ0) is 29.3. The van der Waals surface area contributed by atoms with Crippen molar-refractivity contribution in [2.24, 2.45) is 0 Å². The van der Waals surface area contributed by atoms with E-state index in [1.54, 1.807) is 48.5 Å². The van der Waals surface area contributed by atoms with Gasteiger partial charge in [0.25, 0.3) is 17.2 Å². The van der Waals surface area contributed by atoms with E-state index in [-0.39, 0.29) is 11.1 Å². The highest BCUT2D eigenvalue weighted by Gasteiger charge is 2.82. The van der Waals surface area contributed by atoms with Crippen LogP contribution >= 0.6 is 0 Å². The van der Waals surface area contributed by atoms with Crippen molar-refractivity contribution in [3.05, 3.63) is 82.4 Å². The van der Waals surface area contributed by atoms with Crippen molar-refractivity contribution in [3.8, 4) is 0 Å². The van der Waals surface area contributed by atoms with Gasteiger partial charge in [-0.15, -0.1) is 0 Å². The fourth-order valence-corrected chi connectivity index (χ4v) is 4.36. The summed E-state index contributed by atoms with van der Waals surface area (Å²) in [7, 11) is 4.32. The Morgan fingerprint density at radius 3 is 1.62 bits per heavy atom. The molecule has 2 aliphatic rings. The summed E-state index contributed by atoms with van der Waals surface area (Å²) in [5, 5.41) is 0. The molecule has 40 heavy (non-hydrogen) atoms. The molecule has 2 heterocycles. The van der Waals surface area contributed by atoms with Crippen LogP contribution in [-0.2, 0) is 68.9 Å². The first-order valence-corrected chi connectivity index (χ1v) is 12.0. The molecule has 12 nitrogen and oxygen atoms in total. The number of esters is 4. The standard InChI is InChI=1S/C28H28O12/c1-16-7-11-18(12-8-16)26(15-20(21(29)33-3)22(30)34-4)38-28(40-39-26,19-13-9-17(2)10-14-19)23-27(37-23,24(31)35-5)25(32)36-6/h7-15,23H,1-6H3/t23?,26-,28+/m0/s1. The third-order valence-corrected chi connectivity index (χ3v) is 6.58. The number of epoxide rings is 1. The van der Waals surface area contributed by atoms with Gasteiger partial charge in [0.2, 0.25) is 0 Å². The monoisotopic (exact) mass is 556 g/mol. The van der Waals surface area contributed by atoms with Gasteiger partial charge in [-0.2, -0.15) is 9.78 Å². The molecule has 0 spiro atoms. The van der Waals surface area contributed by atoms with Gasteiger partial charge in [-0.05, 0) is 13.8 Å². The van der Waals surface area contributed by atoms with Gasteiger partial charge in [-0.3, -0.25) is 4.74 Å². The molecule has 2 aliphatic heterocycles. The minimum absolute atomic E-state index is 0.276. The molecule has 0 aromatic heterocycles. The highest BCUT2D eigenvalue weighted by atomic mass is 17.3. The molecular formula is C28H28O12. The summed E-state index contributed by atoms with van der Waals surface area (Å²) in [4.78, 5) is 62.6. The van der Waals surface area contributed by atoms with Crippen molar-refractivity contribution in [2.75, 3.05) is 28.4 Å². The topological polar surface area (TPSA) is 145 Å². The lowest BCUT2D eigenvalue weighted by Crippen LogP contribution is -2.47. The Morgan fingerprint density at radius 1 is 0.700 bits per heavy atom. The van der Waals surface area contributed by atoms with Gasteiger partial charge in [0, 0.05) is 17.2 Å². The van der Waals surface area contributed by atoms with Crippen molar-refractivity contribution >= 4 is 23.9 Å². The summed E-state index contributed by atoms with van der Waals surface area (Å²) in [6, 6.07) is 13.4. The molecule has 2 saturated heterocycles. The zero-order valence-corrected chi connectivity index (χ0v) is 22.7. The van der Waals surface area contributed by atoms with E-state index in [0.29, 0.717) is 0 Å². The van der Waals surface area contributed by atoms with Gasteiger partial charge in [0.05, 0.1) is 28.4 Å². The number of aryl methyl sites for hydroxylation is 2. The fourth-order valence-electron chi connectivity index (χ4n) is 4.36. The van der Waals surface area contributed by atoms with Gasteiger partial charge in [-0.1, -0.05) is 59.7 Å². The largest absolute Gasteiger partial charge is 0.466 e. The maximum absolute atomic E-state index is 12.9. The number of carbonyl (C=O) groups excluding carboxylic acids is 4. The van der Waals surface area contributed by atoms with E-state index in [4.69, 9.17) is 38.2 Å². The number of ether oxygens (including phenoxy) is 6. The van der Waals surface area contributed by atoms with Crippen LogP contribution in [0.1, 0.15) is 22.3 Å². The highest BCUT2D eigenvalue weighted by Crippen LogP contribution is 2.58. The number of hydrogen-bond donors (Lipinski definition) is 0. The second-order valence-corrected chi connectivity index (χ2v) is 9.09. The number of benzene rings is 2. The minimum Gasteiger partial charge on any atom is -0.466 e. The third-order valence-electron chi connectivity index (χ3n) is 6.58. The molecule has 0 saturated carbocycles. The second-order valence-electron chi connectivity index (χ2n) is 9.09. The van der Waals surface area contributed by atoms with Gasteiger partial charge in [0.15, 0.2) is 6.10 Å². The quantitative estimate of drug-likeness (QED) is 0.0892. The van der Waals surface area contributed by atoms with Crippen LogP contribution < -0.4 is 0 Å². The van der Waals surface area contributed by atoms with Crippen LogP contribution in [0, 0.1) is 13.8 Å². The van der Waals surface area contributed by atoms with E-state index in [1.165, 1.54) is 0 Å². The van der Waals surface area contributed by atoms with E-state index in [1.807, 2.05) is 13.8 Å². The minimum atomic E-state index is -2.27. The van der Waals surface area contributed by atoms with Crippen LogP contribution in [0.4, 0.5) is 0 Å². The molecule has 4 rings (SSSR count). The Bertz CT molecular complexity index is 1310. The molecule has 1 unspecified atom stereocenters. The third kappa shape index (κ3) is 4.64.